The molecule has 1 aliphatic rings. The summed E-state index contributed by atoms with van der Waals surface area (Å²) in [5.74, 6) is 0.370. The van der Waals surface area contributed by atoms with Gasteiger partial charge in [-0.05, 0) is 0 Å². The minimum Gasteiger partial charge on any atom is -0.336 e. The molecule has 1 saturated heterocycles. The maximum atomic E-state index is 12.1. The van der Waals surface area contributed by atoms with E-state index in [0.717, 1.165) is 13.1 Å². The van der Waals surface area contributed by atoms with E-state index in [4.69, 9.17) is 0 Å². The smallest absolute Gasteiger partial charge is 0.263 e. The molecule has 0 radical (unpaired) electrons. The third-order valence-electron chi connectivity index (χ3n) is 2.82. The Morgan fingerprint density at radius 2 is 2.18 bits per heavy atom. The van der Waals surface area contributed by atoms with E-state index >= 15 is 0 Å². The summed E-state index contributed by atoms with van der Waals surface area (Å²) in [7, 11) is 0. The Bertz CT molecular complexity index is 463. The van der Waals surface area contributed by atoms with Gasteiger partial charge in [0, 0.05) is 38.8 Å². The zero-order valence-electron chi connectivity index (χ0n) is 9.82. The van der Waals surface area contributed by atoms with Gasteiger partial charge in [0.1, 0.15) is 11.4 Å². The lowest BCUT2D eigenvalue weighted by Crippen LogP contribution is -2.47. The minimum atomic E-state index is -0.347. The molecule has 6 heteroatoms. The Morgan fingerprint density at radius 1 is 1.47 bits per heavy atom. The molecule has 0 spiro atoms. The lowest BCUT2D eigenvalue weighted by molar-refractivity contribution is 0.0733. The average Bonchev–Trinajstić information content (AvgIpc) is 2.39. The van der Waals surface area contributed by atoms with Crippen LogP contribution >= 0.6 is 0 Å². The normalized spacial score (nSPS) is 15.9. The number of H-pyrrole nitrogens is 1. The molecule has 1 aromatic heterocycles. The number of amides is 1. The second kappa shape index (κ2) is 5.09. The Kier molecular flexibility index (Phi) is 3.53. The lowest BCUT2D eigenvalue weighted by Gasteiger charge is -2.27. The van der Waals surface area contributed by atoms with Gasteiger partial charge in [-0.3, -0.25) is 9.59 Å². The monoisotopic (exact) mass is 236 g/mol. The molecule has 1 fully saturated rings. The Hall–Kier alpha value is -1.69. The molecule has 2 heterocycles. The summed E-state index contributed by atoms with van der Waals surface area (Å²) in [6, 6.07) is 0. The number of hydrogen-bond donors (Lipinski definition) is 2. The number of aromatic nitrogens is 2. The number of aromatic amines is 1. The summed E-state index contributed by atoms with van der Waals surface area (Å²) in [6.45, 7) is 4.70. The van der Waals surface area contributed by atoms with Gasteiger partial charge in [-0.1, -0.05) is 6.92 Å². The minimum absolute atomic E-state index is 0.129. The summed E-state index contributed by atoms with van der Waals surface area (Å²) < 4.78 is 0. The van der Waals surface area contributed by atoms with Gasteiger partial charge in [-0.25, -0.2) is 4.98 Å². The van der Waals surface area contributed by atoms with E-state index in [2.05, 4.69) is 15.3 Å². The third kappa shape index (κ3) is 2.52. The van der Waals surface area contributed by atoms with Gasteiger partial charge in [0.05, 0.1) is 0 Å². The molecule has 0 unspecified atom stereocenters. The fraction of sp³-hybridized carbons (Fsp3) is 0.545. The van der Waals surface area contributed by atoms with Crippen LogP contribution in [0.15, 0.2) is 11.0 Å². The first-order valence-corrected chi connectivity index (χ1v) is 5.80. The van der Waals surface area contributed by atoms with E-state index in [9.17, 15) is 9.59 Å². The maximum absolute atomic E-state index is 12.1. The van der Waals surface area contributed by atoms with Crippen LogP contribution in [-0.2, 0) is 6.42 Å². The molecule has 1 aliphatic heterocycles. The molecule has 2 N–H and O–H groups in total. The molecule has 17 heavy (non-hydrogen) atoms. The molecule has 6 nitrogen and oxygen atoms in total. The van der Waals surface area contributed by atoms with Crippen molar-refractivity contribution in [3.63, 3.8) is 0 Å². The van der Waals surface area contributed by atoms with Crippen LogP contribution in [0.4, 0.5) is 0 Å². The van der Waals surface area contributed by atoms with E-state index in [1.165, 1.54) is 6.20 Å². The second-order valence-electron chi connectivity index (χ2n) is 3.97. The lowest BCUT2D eigenvalue weighted by atomic mass is 10.2. The molecule has 0 atom stereocenters. The quantitative estimate of drug-likeness (QED) is 0.717. The number of rotatable bonds is 2. The zero-order valence-corrected chi connectivity index (χ0v) is 9.82. The highest BCUT2D eigenvalue weighted by Gasteiger charge is 2.20. The molecule has 0 aromatic carbocycles. The van der Waals surface area contributed by atoms with Gasteiger partial charge in [-0.2, -0.15) is 0 Å². The largest absolute Gasteiger partial charge is 0.336 e. The number of carbonyl (C=O) groups excluding carboxylic acids is 1. The number of aryl methyl sites for hydroxylation is 1. The van der Waals surface area contributed by atoms with E-state index < -0.39 is 0 Å². The molecular weight excluding hydrogens is 220 g/mol. The first kappa shape index (κ1) is 11.8. The Balaban J connectivity index is 2.21. The summed E-state index contributed by atoms with van der Waals surface area (Å²) in [5.41, 5.74) is -0.218. The van der Waals surface area contributed by atoms with E-state index in [0.29, 0.717) is 25.3 Å². The number of nitrogens with zero attached hydrogens (tertiary/aromatic N) is 2. The number of hydrogen-bond acceptors (Lipinski definition) is 4. The van der Waals surface area contributed by atoms with Crippen molar-refractivity contribution in [3.8, 4) is 0 Å². The van der Waals surface area contributed by atoms with Crippen LogP contribution in [0.5, 0.6) is 0 Å². The van der Waals surface area contributed by atoms with Gasteiger partial charge < -0.3 is 15.2 Å². The van der Waals surface area contributed by atoms with Crippen molar-refractivity contribution in [2.24, 2.45) is 0 Å². The Morgan fingerprint density at radius 3 is 2.76 bits per heavy atom. The van der Waals surface area contributed by atoms with Crippen LogP contribution in [-0.4, -0.2) is 47.0 Å². The molecule has 0 saturated carbocycles. The van der Waals surface area contributed by atoms with Gasteiger partial charge >= 0.3 is 0 Å². The molecule has 0 bridgehead atoms. The molecule has 2 rings (SSSR count). The molecular formula is C11H16N4O2. The van der Waals surface area contributed by atoms with E-state index in [1.54, 1.807) is 4.90 Å². The summed E-state index contributed by atoms with van der Waals surface area (Å²) in [4.78, 5) is 32.1. The highest BCUT2D eigenvalue weighted by atomic mass is 16.2. The predicted molar refractivity (Wildman–Crippen MR) is 63.0 cm³/mol. The van der Waals surface area contributed by atoms with Crippen molar-refractivity contribution >= 4 is 5.91 Å². The van der Waals surface area contributed by atoms with Crippen molar-refractivity contribution < 1.29 is 4.79 Å². The maximum Gasteiger partial charge on any atom is 0.263 e. The molecule has 1 aromatic rings. The van der Waals surface area contributed by atoms with Crippen molar-refractivity contribution in [1.29, 1.82) is 0 Å². The van der Waals surface area contributed by atoms with Crippen LogP contribution in [0.1, 0.15) is 23.1 Å². The van der Waals surface area contributed by atoms with Crippen LogP contribution in [0, 0.1) is 0 Å². The third-order valence-corrected chi connectivity index (χ3v) is 2.82. The van der Waals surface area contributed by atoms with Crippen LogP contribution in [0.2, 0.25) is 0 Å². The first-order chi connectivity index (χ1) is 8.22. The SMILES string of the molecule is CCc1ncc(C(=O)N2CCNCC2)c(=O)[nH]1. The van der Waals surface area contributed by atoms with Crippen molar-refractivity contribution in [1.82, 2.24) is 20.2 Å². The van der Waals surface area contributed by atoms with Crippen molar-refractivity contribution in [2.45, 2.75) is 13.3 Å². The number of nitrogens with one attached hydrogen (secondary N) is 2. The topological polar surface area (TPSA) is 78.1 Å². The van der Waals surface area contributed by atoms with Crippen LogP contribution < -0.4 is 10.9 Å². The zero-order chi connectivity index (χ0) is 12.3. The summed E-state index contributed by atoms with van der Waals surface area (Å²) in [5, 5.41) is 3.16. The van der Waals surface area contributed by atoms with Crippen LogP contribution in [0.3, 0.4) is 0 Å². The fourth-order valence-electron chi connectivity index (χ4n) is 1.80. The highest BCUT2D eigenvalue weighted by molar-refractivity contribution is 5.93. The molecule has 92 valence electrons. The van der Waals surface area contributed by atoms with Gasteiger partial charge in [0.25, 0.3) is 11.5 Å². The standard InChI is InChI=1S/C11H16N4O2/c1-2-9-13-7-8(10(16)14-9)11(17)15-5-3-12-4-6-15/h7,12H,2-6H2,1H3,(H,13,14,16). The molecule has 0 aliphatic carbocycles. The highest BCUT2D eigenvalue weighted by Crippen LogP contribution is 2.00. The van der Waals surface area contributed by atoms with E-state index in [1.807, 2.05) is 6.92 Å². The van der Waals surface area contributed by atoms with E-state index in [-0.39, 0.29) is 17.0 Å². The summed E-state index contributed by atoms with van der Waals surface area (Å²) >= 11 is 0. The van der Waals surface area contributed by atoms with Gasteiger partial charge in [0.2, 0.25) is 0 Å². The predicted octanol–water partition coefficient (Wildman–Crippen LogP) is -0.622. The molecule has 1 amide bonds. The van der Waals surface area contributed by atoms with Crippen molar-refractivity contribution in [2.75, 3.05) is 26.2 Å². The summed E-state index contributed by atoms with van der Waals surface area (Å²) in [6.07, 6.45) is 2.03. The van der Waals surface area contributed by atoms with Gasteiger partial charge in [0.15, 0.2) is 0 Å². The van der Waals surface area contributed by atoms with Crippen LogP contribution in [0.25, 0.3) is 0 Å². The Labute approximate surface area is 99.1 Å². The number of carbonyl (C=O) groups is 1. The van der Waals surface area contributed by atoms with Crippen molar-refractivity contribution in [3.05, 3.63) is 27.9 Å². The van der Waals surface area contributed by atoms with Gasteiger partial charge in [-0.15, -0.1) is 0 Å². The fourth-order valence-corrected chi connectivity index (χ4v) is 1.80. The first-order valence-electron chi connectivity index (χ1n) is 5.80. The average molecular weight is 236 g/mol. The number of piperazine rings is 1. The second-order valence-corrected chi connectivity index (χ2v) is 3.97.